The summed E-state index contributed by atoms with van der Waals surface area (Å²) < 4.78 is 10.4. The molecule has 0 spiro atoms. The van der Waals surface area contributed by atoms with Gasteiger partial charge in [-0.1, -0.05) is 88.5 Å². The summed E-state index contributed by atoms with van der Waals surface area (Å²) in [6, 6.07) is 5.54. The topological polar surface area (TPSA) is 185 Å². The molecule has 0 radical (unpaired) electrons. The minimum absolute atomic E-state index is 0.00122. The van der Waals surface area contributed by atoms with Crippen LogP contribution in [0.4, 0.5) is 0 Å². The summed E-state index contributed by atoms with van der Waals surface area (Å²) in [6.45, 7) is 4.09. The van der Waals surface area contributed by atoms with Crippen molar-refractivity contribution in [2.24, 2.45) is 11.7 Å². The Morgan fingerprint density at radius 3 is 2.17 bits per heavy atom. The average Bonchev–Trinajstić information content (AvgIpc) is 3.03. The first kappa shape index (κ1) is 41.1. The highest BCUT2D eigenvalue weighted by atomic mass is 16.5. The average molecular weight is 659 g/mol. The Balaban J connectivity index is 2.88. The molecule has 0 fully saturated rings. The van der Waals surface area contributed by atoms with E-state index >= 15 is 0 Å². The van der Waals surface area contributed by atoms with Crippen molar-refractivity contribution in [3.63, 3.8) is 0 Å². The van der Waals surface area contributed by atoms with Crippen LogP contribution in [0, 0.1) is 17.8 Å². The number of carboxylic acids is 1. The molecule has 1 aromatic carbocycles. The first-order valence-corrected chi connectivity index (χ1v) is 16.6. The molecule has 1 unspecified atom stereocenters. The fourth-order valence-electron chi connectivity index (χ4n) is 5.15. The Kier molecular flexibility index (Phi) is 20.5. The molecule has 1 rings (SSSR count). The number of nitrogens with two attached hydrogens (primary N) is 1. The lowest BCUT2D eigenvalue weighted by atomic mass is 9.82. The Bertz CT molecular complexity index is 1190. The monoisotopic (exact) mass is 658 g/mol. The highest BCUT2D eigenvalue weighted by Crippen LogP contribution is 2.26. The predicted octanol–water partition coefficient (Wildman–Crippen LogP) is 4.21. The Labute approximate surface area is 279 Å². The van der Waals surface area contributed by atoms with Gasteiger partial charge in [0.25, 0.3) is 0 Å². The van der Waals surface area contributed by atoms with Crippen molar-refractivity contribution in [1.29, 1.82) is 0 Å². The van der Waals surface area contributed by atoms with Gasteiger partial charge < -0.3 is 35.8 Å². The van der Waals surface area contributed by atoms with Crippen LogP contribution in [0.25, 0.3) is 0 Å². The van der Waals surface area contributed by atoms with Crippen LogP contribution in [0.1, 0.15) is 103 Å². The minimum Gasteiger partial charge on any atom is -0.481 e. The van der Waals surface area contributed by atoms with Gasteiger partial charge in [-0.05, 0) is 50.3 Å². The molecule has 262 valence electrons. The molecule has 0 saturated heterocycles. The molecule has 6 N–H and O–H groups in total. The molecule has 0 heterocycles. The lowest BCUT2D eigenvalue weighted by Crippen LogP contribution is -2.56. The number of unbranched alkanes of at least 4 members (excludes halogenated alkanes) is 8. The van der Waals surface area contributed by atoms with Crippen molar-refractivity contribution in [1.82, 2.24) is 5.32 Å². The van der Waals surface area contributed by atoms with Crippen LogP contribution < -0.4 is 15.8 Å². The molecule has 0 saturated carbocycles. The van der Waals surface area contributed by atoms with E-state index in [4.69, 9.17) is 15.2 Å². The van der Waals surface area contributed by atoms with Gasteiger partial charge in [0, 0.05) is 6.42 Å². The SMILES string of the molecule is CC#CCOc1ccc(C[C@H](NC(=O)[C@@H](C=CCCCCCCC(O)CCCCCCC)[C@@](O)(CC(N)=O)C(=O)O)C(=O)OC)cc1. The zero-order valence-electron chi connectivity index (χ0n) is 28.2. The van der Waals surface area contributed by atoms with Gasteiger partial charge in [-0.15, -0.1) is 5.92 Å². The van der Waals surface area contributed by atoms with Gasteiger partial charge in [0.15, 0.2) is 5.60 Å². The fourth-order valence-corrected chi connectivity index (χ4v) is 5.15. The van der Waals surface area contributed by atoms with E-state index in [9.17, 15) is 34.5 Å². The Morgan fingerprint density at radius 2 is 1.62 bits per heavy atom. The quantitative estimate of drug-likeness (QED) is 0.0444. The molecule has 0 aliphatic heterocycles. The Hall–Kier alpha value is -3.88. The summed E-state index contributed by atoms with van der Waals surface area (Å²) in [5.74, 6) is -0.336. The molecule has 0 aliphatic carbocycles. The fraction of sp³-hybridized carbons (Fsp3) is 0.611. The van der Waals surface area contributed by atoms with Crippen LogP contribution in [-0.2, 0) is 30.3 Å². The third-order valence-electron chi connectivity index (χ3n) is 7.89. The highest BCUT2D eigenvalue weighted by Gasteiger charge is 2.48. The lowest BCUT2D eigenvalue weighted by Gasteiger charge is -2.30. The number of allylic oxidation sites excluding steroid dienone is 1. The van der Waals surface area contributed by atoms with Gasteiger partial charge in [-0.3, -0.25) is 9.59 Å². The van der Waals surface area contributed by atoms with E-state index in [0.29, 0.717) is 17.7 Å². The molecule has 11 heteroatoms. The largest absolute Gasteiger partial charge is 0.481 e. The third kappa shape index (κ3) is 16.5. The molecule has 0 aliphatic rings. The summed E-state index contributed by atoms with van der Waals surface area (Å²) in [5, 5.41) is 33.6. The summed E-state index contributed by atoms with van der Waals surface area (Å²) in [6.07, 6.45) is 12.8. The summed E-state index contributed by atoms with van der Waals surface area (Å²) in [5.41, 5.74) is 3.04. The number of benzene rings is 1. The van der Waals surface area contributed by atoms with Crippen LogP contribution in [0.5, 0.6) is 5.75 Å². The number of aliphatic hydroxyl groups is 2. The standard InChI is InChI=1S/C36H54N2O9/c1-4-6-8-11-14-17-28(39)18-15-12-9-10-13-16-19-30(36(45,35(43)44)26-32(37)40)33(41)38-31(34(42)46-3)25-27-20-22-29(23-21-27)47-24-7-5-2/h16,19-23,28,30-31,39,45H,4,6,8-15,17-18,24-26H2,1-3H3,(H2,37,40)(H,38,41)(H,43,44)/t28?,30-,31+,36+/m1/s1. The van der Waals surface area contributed by atoms with Gasteiger partial charge in [0.1, 0.15) is 18.4 Å². The number of hydrogen-bond donors (Lipinski definition) is 5. The number of carboxylic acid groups (broad SMARTS) is 1. The van der Waals surface area contributed by atoms with E-state index in [1.165, 1.54) is 25.3 Å². The van der Waals surface area contributed by atoms with E-state index in [0.717, 1.165) is 58.5 Å². The number of aliphatic carboxylic acids is 1. The van der Waals surface area contributed by atoms with Gasteiger partial charge in [-0.25, -0.2) is 9.59 Å². The number of hydrogen-bond acceptors (Lipinski definition) is 8. The maximum Gasteiger partial charge on any atom is 0.337 e. The van der Waals surface area contributed by atoms with E-state index < -0.39 is 47.7 Å². The number of amides is 2. The third-order valence-corrected chi connectivity index (χ3v) is 7.89. The zero-order chi connectivity index (χ0) is 35.1. The van der Waals surface area contributed by atoms with Crippen LogP contribution in [0.3, 0.4) is 0 Å². The number of primary amides is 1. The second-order valence-corrected chi connectivity index (χ2v) is 11.8. The van der Waals surface area contributed by atoms with Crippen molar-refractivity contribution >= 4 is 23.8 Å². The molecule has 4 atom stereocenters. The number of methoxy groups -OCH3 is 1. The van der Waals surface area contributed by atoms with Crippen molar-refractivity contribution < 1.29 is 44.0 Å². The van der Waals surface area contributed by atoms with E-state index in [2.05, 4.69) is 24.1 Å². The van der Waals surface area contributed by atoms with E-state index in [1.54, 1.807) is 37.3 Å². The van der Waals surface area contributed by atoms with Gasteiger partial charge in [-0.2, -0.15) is 0 Å². The molecular weight excluding hydrogens is 604 g/mol. The molecule has 1 aromatic rings. The first-order valence-electron chi connectivity index (χ1n) is 16.6. The van der Waals surface area contributed by atoms with Crippen molar-refractivity contribution in [2.75, 3.05) is 13.7 Å². The molecule has 11 nitrogen and oxygen atoms in total. The normalized spacial score (nSPS) is 14.2. The summed E-state index contributed by atoms with van der Waals surface area (Å²) >= 11 is 0. The molecule has 47 heavy (non-hydrogen) atoms. The molecule has 0 aromatic heterocycles. The van der Waals surface area contributed by atoms with Gasteiger partial charge in [0.2, 0.25) is 11.8 Å². The number of carbonyl (C=O) groups excluding carboxylic acids is 3. The molecule has 0 bridgehead atoms. The minimum atomic E-state index is -2.85. The van der Waals surface area contributed by atoms with Gasteiger partial charge >= 0.3 is 11.9 Å². The maximum atomic E-state index is 13.5. The van der Waals surface area contributed by atoms with Crippen LogP contribution in [0.2, 0.25) is 0 Å². The van der Waals surface area contributed by atoms with Gasteiger partial charge in [0.05, 0.1) is 25.6 Å². The summed E-state index contributed by atoms with van der Waals surface area (Å²) in [7, 11) is 1.15. The first-order chi connectivity index (χ1) is 22.5. The van der Waals surface area contributed by atoms with Crippen molar-refractivity contribution in [3.05, 3.63) is 42.0 Å². The number of ether oxygens (including phenoxy) is 2. The number of aliphatic hydroxyl groups excluding tert-OH is 1. The highest BCUT2D eigenvalue weighted by molar-refractivity contribution is 5.95. The number of carbonyl (C=O) groups is 4. The Morgan fingerprint density at radius 1 is 1.00 bits per heavy atom. The van der Waals surface area contributed by atoms with Crippen LogP contribution in [-0.4, -0.2) is 70.5 Å². The number of nitrogens with one attached hydrogen (secondary N) is 1. The predicted molar refractivity (Wildman–Crippen MR) is 179 cm³/mol. The second-order valence-electron chi connectivity index (χ2n) is 11.8. The van der Waals surface area contributed by atoms with Crippen molar-refractivity contribution in [3.8, 4) is 17.6 Å². The smallest absolute Gasteiger partial charge is 0.337 e. The lowest BCUT2D eigenvalue weighted by molar-refractivity contribution is -0.169. The van der Waals surface area contributed by atoms with E-state index in [1.807, 2.05) is 0 Å². The molecule has 2 amide bonds. The second kappa shape index (κ2) is 23.4. The maximum absolute atomic E-state index is 13.5. The molecular formula is C36H54N2O9. The van der Waals surface area contributed by atoms with E-state index in [-0.39, 0.29) is 19.1 Å². The van der Waals surface area contributed by atoms with Crippen molar-refractivity contribution in [2.45, 2.75) is 121 Å². The summed E-state index contributed by atoms with van der Waals surface area (Å²) in [4.78, 5) is 50.0. The van der Waals surface area contributed by atoms with Crippen LogP contribution >= 0.6 is 0 Å². The number of rotatable bonds is 25. The zero-order valence-corrected chi connectivity index (χ0v) is 28.2. The van der Waals surface area contributed by atoms with Crippen LogP contribution in [0.15, 0.2) is 36.4 Å². The number of esters is 1.